The summed E-state index contributed by atoms with van der Waals surface area (Å²) >= 11 is 0. The first-order valence-corrected chi connectivity index (χ1v) is 7.15. The highest BCUT2D eigenvalue weighted by Gasteiger charge is 2.07. The predicted octanol–water partition coefficient (Wildman–Crippen LogP) is 4.80. The van der Waals surface area contributed by atoms with Crippen LogP contribution in [0.25, 0.3) is 0 Å². The van der Waals surface area contributed by atoms with E-state index in [1.54, 1.807) is 27.7 Å². The minimum Gasteiger partial charge on any atom is -0.432 e. The molecule has 136 valence electrons. The summed E-state index contributed by atoms with van der Waals surface area (Å²) in [6.07, 6.45) is -0.803. The van der Waals surface area contributed by atoms with Gasteiger partial charge >= 0.3 is 6.16 Å². The van der Waals surface area contributed by atoms with Gasteiger partial charge in [-0.1, -0.05) is 44.2 Å². The van der Waals surface area contributed by atoms with Crippen LogP contribution in [0.3, 0.4) is 0 Å². The molecule has 0 aliphatic carbocycles. The molecule has 0 radical (unpaired) electrons. The second-order valence-electron chi connectivity index (χ2n) is 5.15. The van der Waals surface area contributed by atoms with Gasteiger partial charge in [0.15, 0.2) is 0 Å². The van der Waals surface area contributed by atoms with Gasteiger partial charge in [0.05, 0.1) is 12.2 Å². The lowest BCUT2D eigenvalue weighted by Gasteiger charge is -2.10. The van der Waals surface area contributed by atoms with Gasteiger partial charge in [-0.05, 0) is 39.2 Å². The summed E-state index contributed by atoms with van der Waals surface area (Å²) in [5, 5.41) is 24.0. The van der Waals surface area contributed by atoms with Crippen molar-refractivity contribution in [2.24, 2.45) is 0 Å². The second-order valence-corrected chi connectivity index (χ2v) is 5.15. The monoisotopic (exact) mass is 334 g/mol. The van der Waals surface area contributed by atoms with E-state index in [0.717, 1.165) is 0 Å². The van der Waals surface area contributed by atoms with Crippen LogP contribution in [0.5, 0.6) is 0 Å². The molecule has 1 rings (SSSR count). The summed E-state index contributed by atoms with van der Waals surface area (Å²) in [6.45, 7) is 11.5. The van der Waals surface area contributed by atoms with E-state index in [2.05, 4.69) is 38.1 Å². The van der Waals surface area contributed by atoms with E-state index in [4.69, 9.17) is 30.5 Å². The molecule has 0 aliphatic rings. The first kappa shape index (κ1) is 26.2. The van der Waals surface area contributed by atoms with E-state index in [-0.39, 0.29) is 12.2 Å². The van der Waals surface area contributed by atoms with Gasteiger partial charge in [0.1, 0.15) is 0 Å². The fraction of sp³-hybridized carbons (Fsp3) is 0.562. The third-order valence-electron chi connectivity index (χ3n) is 2.13. The van der Waals surface area contributed by atoms with Gasteiger partial charge in [0.25, 0.3) is 0 Å². The first-order chi connectivity index (χ1) is 10.8. The second kappa shape index (κ2) is 18.4. The lowest BCUT2D eigenvalue weighted by atomic mass is 10.0. The summed E-state index contributed by atoms with van der Waals surface area (Å²) in [4.78, 5) is 10.6. The molecule has 7 heteroatoms. The zero-order valence-corrected chi connectivity index (χ0v) is 14.6. The molecule has 1 aromatic carbocycles. The molecular weight excluding hydrogens is 304 g/mol. The van der Waals surface area contributed by atoms with Crippen LogP contribution in [-0.2, 0) is 9.47 Å². The maximum Gasteiger partial charge on any atom is 0.508 e. The smallest absolute Gasteiger partial charge is 0.432 e. The minimum absolute atomic E-state index is 0.105. The molecular formula is C16H30O7. The van der Waals surface area contributed by atoms with Crippen LogP contribution in [0, 0.1) is 0 Å². The Kier molecular flexibility index (Phi) is 21.0. The minimum atomic E-state index is -0.593. The summed E-state index contributed by atoms with van der Waals surface area (Å²) in [5.74, 6) is 0.659. The van der Waals surface area contributed by atoms with Gasteiger partial charge in [-0.25, -0.2) is 4.79 Å². The molecule has 0 unspecified atom stereocenters. The molecule has 0 saturated carbocycles. The van der Waals surface area contributed by atoms with Crippen LogP contribution in [0.1, 0.15) is 53.0 Å². The topological polar surface area (TPSA) is 116 Å². The Labute approximate surface area is 138 Å². The number of carbonyl (C=O) groups is 1. The highest BCUT2D eigenvalue weighted by atomic mass is 17.0. The van der Waals surface area contributed by atoms with Gasteiger partial charge in [-0.2, -0.15) is 0 Å². The number of benzene rings is 1. The Morgan fingerprint density at radius 2 is 1.13 bits per heavy atom. The molecule has 0 saturated heterocycles. The van der Waals surface area contributed by atoms with E-state index in [1.165, 1.54) is 5.56 Å². The molecule has 0 amide bonds. The Morgan fingerprint density at radius 1 is 0.783 bits per heavy atom. The summed E-state index contributed by atoms with van der Waals surface area (Å²) in [6, 6.07) is 10.5. The number of rotatable bonds is 3. The average Bonchev–Trinajstić information content (AvgIpc) is 2.51. The Balaban J connectivity index is -0.000000286. The van der Waals surface area contributed by atoms with Crippen molar-refractivity contribution in [3.63, 3.8) is 0 Å². The quantitative estimate of drug-likeness (QED) is 0.356. The number of hydrogen-bond acceptors (Lipinski definition) is 7. The van der Waals surface area contributed by atoms with Crippen molar-refractivity contribution in [1.29, 1.82) is 0 Å². The third-order valence-corrected chi connectivity index (χ3v) is 2.13. The Morgan fingerprint density at radius 3 is 1.35 bits per heavy atom. The van der Waals surface area contributed by atoms with Crippen molar-refractivity contribution in [3.8, 4) is 0 Å². The molecule has 23 heavy (non-hydrogen) atoms. The average molecular weight is 334 g/mol. The molecule has 0 bridgehead atoms. The highest BCUT2D eigenvalue weighted by Crippen LogP contribution is 2.11. The van der Waals surface area contributed by atoms with Crippen LogP contribution in [0.2, 0.25) is 0 Å². The predicted molar refractivity (Wildman–Crippen MR) is 88.9 cm³/mol. The van der Waals surface area contributed by atoms with E-state index < -0.39 is 6.16 Å². The highest BCUT2D eigenvalue weighted by molar-refractivity contribution is 5.60. The fourth-order valence-electron chi connectivity index (χ4n) is 1.25. The third kappa shape index (κ3) is 20.3. The van der Waals surface area contributed by atoms with E-state index in [0.29, 0.717) is 5.92 Å². The van der Waals surface area contributed by atoms with Crippen LogP contribution in [0.4, 0.5) is 4.79 Å². The van der Waals surface area contributed by atoms with Crippen molar-refractivity contribution in [2.75, 3.05) is 0 Å². The zero-order chi connectivity index (χ0) is 18.8. The van der Waals surface area contributed by atoms with Gasteiger partial charge in [0.2, 0.25) is 0 Å². The van der Waals surface area contributed by atoms with E-state index >= 15 is 0 Å². The molecule has 0 aliphatic heterocycles. The lowest BCUT2D eigenvalue weighted by Crippen LogP contribution is -2.16. The fourth-order valence-corrected chi connectivity index (χ4v) is 1.25. The molecule has 1 aromatic rings. The summed E-state index contributed by atoms with van der Waals surface area (Å²) in [5.41, 5.74) is 1.41. The van der Waals surface area contributed by atoms with Gasteiger partial charge in [0, 0.05) is 0 Å². The Bertz CT molecular complexity index is 339. The van der Waals surface area contributed by atoms with E-state index in [1.807, 2.05) is 6.07 Å². The van der Waals surface area contributed by atoms with Crippen LogP contribution >= 0.6 is 0 Å². The van der Waals surface area contributed by atoms with Crippen LogP contribution < -0.4 is 0 Å². The number of hydrogen-bond donors (Lipinski definition) is 4. The Hall–Kier alpha value is -1.67. The van der Waals surface area contributed by atoms with E-state index in [9.17, 15) is 4.79 Å². The number of ether oxygens (including phenoxy) is 2. The molecule has 0 atom stereocenters. The van der Waals surface area contributed by atoms with Crippen molar-refractivity contribution in [1.82, 2.24) is 0 Å². The molecule has 0 spiro atoms. The van der Waals surface area contributed by atoms with Crippen LogP contribution in [-0.4, -0.2) is 39.4 Å². The maximum absolute atomic E-state index is 10.6. The standard InChI is InChI=1S/C9H12.C7H14O3.2H2O2/c1-8(2)9-6-4-3-5-7-9;1-5(2)9-7(8)10-6(3)4;2*1-2/h3-8H,1-2H3;5-6H,1-4H3;2*1-2H. The SMILES string of the molecule is CC(C)OC(=O)OC(C)C.CC(C)c1ccccc1.OO.OO. The molecule has 7 nitrogen and oxygen atoms in total. The van der Waals surface area contributed by atoms with Crippen molar-refractivity contribution < 1.29 is 35.3 Å². The summed E-state index contributed by atoms with van der Waals surface area (Å²) in [7, 11) is 0. The number of carbonyl (C=O) groups excluding carboxylic acids is 1. The van der Waals surface area contributed by atoms with Crippen molar-refractivity contribution >= 4 is 6.16 Å². The molecule has 0 heterocycles. The zero-order valence-electron chi connectivity index (χ0n) is 14.6. The van der Waals surface area contributed by atoms with Gasteiger partial charge in [-0.3, -0.25) is 21.0 Å². The normalized spacial score (nSPS) is 8.91. The van der Waals surface area contributed by atoms with Crippen molar-refractivity contribution in [3.05, 3.63) is 35.9 Å². The maximum atomic E-state index is 10.6. The largest absolute Gasteiger partial charge is 0.508 e. The molecule has 0 fully saturated rings. The molecule has 4 N–H and O–H groups in total. The van der Waals surface area contributed by atoms with Crippen molar-refractivity contribution in [2.45, 2.75) is 59.7 Å². The molecule has 0 aromatic heterocycles. The first-order valence-electron chi connectivity index (χ1n) is 7.15. The van der Waals surface area contributed by atoms with Gasteiger partial charge in [-0.15, -0.1) is 0 Å². The van der Waals surface area contributed by atoms with Crippen LogP contribution in [0.15, 0.2) is 30.3 Å². The lowest BCUT2D eigenvalue weighted by molar-refractivity contribution is -0.176. The summed E-state index contributed by atoms with van der Waals surface area (Å²) < 4.78 is 9.40. The van der Waals surface area contributed by atoms with Gasteiger partial charge < -0.3 is 9.47 Å².